The lowest BCUT2D eigenvalue weighted by Gasteiger charge is -2.13. The van der Waals surface area contributed by atoms with Crippen LogP contribution in [-0.2, 0) is 0 Å². The first-order valence-corrected chi connectivity index (χ1v) is 5.72. The van der Waals surface area contributed by atoms with E-state index in [1.165, 1.54) is 6.07 Å². The number of benzene rings is 1. The first-order chi connectivity index (χ1) is 7.52. The number of hydrogen-bond acceptors (Lipinski definition) is 1. The molecule has 1 unspecified atom stereocenters. The van der Waals surface area contributed by atoms with Gasteiger partial charge in [0.2, 0.25) is 0 Å². The number of nitrogens with two attached hydrogens (primary N) is 1. The summed E-state index contributed by atoms with van der Waals surface area (Å²) in [7, 11) is 0. The topological polar surface area (TPSA) is 26.0 Å². The Labute approximate surface area is 95.7 Å². The monoisotopic (exact) mass is 227 g/mol. The zero-order valence-corrected chi connectivity index (χ0v) is 9.84. The predicted octanol–water partition coefficient (Wildman–Crippen LogP) is 3.79. The summed E-state index contributed by atoms with van der Waals surface area (Å²) in [4.78, 5) is 0. The Morgan fingerprint density at radius 3 is 2.50 bits per heavy atom. The molecule has 16 heavy (non-hydrogen) atoms. The van der Waals surface area contributed by atoms with Crippen molar-refractivity contribution in [2.45, 2.75) is 39.2 Å². The second kappa shape index (κ2) is 5.94. The van der Waals surface area contributed by atoms with Gasteiger partial charge in [-0.05, 0) is 18.4 Å². The normalized spacial score (nSPS) is 13.1. The molecule has 2 N–H and O–H groups in total. The Morgan fingerprint density at radius 2 is 1.88 bits per heavy atom. The lowest BCUT2D eigenvalue weighted by molar-refractivity contribution is 0.466. The zero-order valence-electron chi connectivity index (χ0n) is 9.84. The summed E-state index contributed by atoms with van der Waals surface area (Å²) in [5.74, 6) is -1.01. The van der Waals surface area contributed by atoms with E-state index in [9.17, 15) is 8.78 Å². The van der Waals surface area contributed by atoms with Gasteiger partial charge in [0, 0.05) is 11.6 Å². The molecule has 0 heterocycles. The predicted molar refractivity (Wildman–Crippen MR) is 62.0 cm³/mol. The average Bonchev–Trinajstić information content (AvgIpc) is 2.21. The summed E-state index contributed by atoms with van der Waals surface area (Å²) in [5, 5.41) is 0. The number of halogens is 2. The Morgan fingerprint density at radius 1 is 1.19 bits per heavy atom. The van der Waals surface area contributed by atoms with Crippen molar-refractivity contribution in [2.24, 2.45) is 11.7 Å². The van der Waals surface area contributed by atoms with E-state index in [0.717, 1.165) is 18.9 Å². The molecule has 3 heteroatoms. The second-order valence-corrected chi connectivity index (χ2v) is 4.57. The minimum Gasteiger partial charge on any atom is -0.324 e. The standard InChI is InChI=1S/C13H19F2N/c1-9(2)5-3-8-12(16)10-6-4-7-11(14)13(10)15/h4,6-7,9,12H,3,5,8,16H2,1-2H3. The van der Waals surface area contributed by atoms with Gasteiger partial charge in [0.1, 0.15) is 0 Å². The fourth-order valence-corrected chi connectivity index (χ4v) is 1.71. The molecular weight excluding hydrogens is 208 g/mol. The molecule has 1 aromatic carbocycles. The third-order valence-electron chi connectivity index (χ3n) is 2.68. The van der Waals surface area contributed by atoms with E-state index in [4.69, 9.17) is 5.73 Å². The van der Waals surface area contributed by atoms with Crippen LogP contribution in [0.5, 0.6) is 0 Å². The molecule has 0 aliphatic rings. The number of hydrogen-bond donors (Lipinski definition) is 1. The van der Waals surface area contributed by atoms with Crippen molar-refractivity contribution in [1.29, 1.82) is 0 Å². The van der Waals surface area contributed by atoms with Gasteiger partial charge in [0.05, 0.1) is 0 Å². The summed E-state index contributed by atoms with van der Waals surface area (Å²) in [6.45, 7) is 4.27. The maximum atomic E-state index is 13.4. The largest absolute Gasteiger partial charge is 0.324 e. The van der Waals surface area contributed by atoms with E-state index >= 15 is 0 Å². The van der Waals surface area contributed by atoms with Crippen molar-refractivity contribution >= 4 is 0 Å². The van der Waals surface area contributed by atoms with Crippen molar-refractivity contribution in [2.75, 3.05) is 0 Å². The van der Waals surface area contributed by atoms with Crippen LogP contribution in [0.25, 0.3) is 0 Å². The molecule has 0 fully saturated rings. The van der Waals surface area contributed by atoms with Gasteiger partial charge in [-0.3, -0.25) is 0 Å². The first-order valence-electron chi connectivity index (χ1n) is 5.72. The van der Waals surface area contributed by atoms with E-state index in [-0.39, 0.29) is 5.56 Å². The van der Waals surface area contributed by atoms with E-state index in [1.807, 2.05) is 0 Å². The fourth-order valence-electron chi connectivity index (χ4n) is 1.71. The minimum atomic E-state index is -0.822. The van der Waals surface area contributed by atoms with Gasteiger partial charge in [-0.1, -0.05) is 38.8 Å². The van der Waals surface area contributed by atoms with Crippen LogP contribution in [-0.4, -0.2) is 0 Å². The van der Waals surface area contributed by atoms with Gasteiger partial charge >= 0.3 is 0 Å². The molecule has 0 bridgehead atoms. The van der Waals surface area contributed by atoms with E-state index in [2.05, 4.69) is 13.8 Å². The first kappa shape index (κ1) is 13.1. The maximum absolute atomic E-state index is 13.4. The molecule has 0 amide bonds. The van der Waals surface area contributed by atoms with Gasteiger partial charge in [-0.15, -0.1) is 0 Å². The summed E-state index contributed by atoms with van der Waals surface area (Å²) in [6, 6.07) is 3.75. The smallest absolute Gasteiger partial charge is 0.163 e. The van der Waals surface area contributed by atoms with Crippen molar-refractivity contribution in [1.82, 2.24) is 0 Å². The minimum absolute atomic E-state index is 0.281. The lowest BCUT2D eigenvalue weighted by atomic mass is 9.98. The second-order valence-electron chi connectivity index (χ2n) is 4.57. The van der Waals surface area contributed by atoms with Crippen molar-refractivity contribution < 1.29 is 8.78 Å². The molecule has 1 nitrogen and oxygen atoms in total. The maximum Gasteiger partial charge on any atom is 0.163 e. The van der Waals surface area contributed by atoms with Gasteiger partial charge in [-0.2, -0.15) is 0 Å². The average molecular weight is 227 g/mol. The molecule has 1 atom stereocenters. The third-order valence-corrected chi connectivity index (χ3v) is 2.68. The molecule has 0 saturated carbocycles. The van der Waals surface area contributed by atoms with Crippen LogP contribution in [0.4, 0.5) is 8.78 Å². The lowest BCUT2D eigenvalue weighted by Crippen LogP contribution is -2.13. The van der Waals surface area contributed by atoms with Gasteiger partial charge in [0.25, 0.3) is 0 Å². The Hall–Kier alpha value is -0.960. The summed E-state index contributed by atoms with van der Waals surface area (Å²) in [6.07, 6.45) is 2.69. The SMILES string of the molecule is CC(C)CCCC(N)c1cccc(F)c1F. The fraction of sp³-hybridized carbons (Fsp3) is 0.538. The van der Waals surface area contributed by atoms with Crippen LogP contribution >= 0.6 is 0 Å². The molecule has 1 aromatic rings. The Kier molecular flexibility index (Phi) is 4.87. The van der Waals surface area contributed by atoms with E-state index < -0.39 is 17.7 Å². The highest BCUT2D eigenvalue weighted by Gasteiger charge is 2.14. The molecule has 0 saturated heterocycles. The molecule has 0 aromatic heterocycles. The van der Waals surface area contributed by atoms with Gasteiger partial charge in [-0.25, -0.2) is 8.78 Å². The molecule has 1 rings (SSSR count). The summed E-state index contributed by atoms with van der Waals surface area (Å²) in [5.41, 5.74) is 6.13. The molecular formula is C13H19F2N. The van der Waals surface area contributed by atoms with Crippen LogP contribution in [0.2, 0.25) is 0 Å². The third kappa shape index (κ3) is 3.56. The molecule has 0 aliphatic heterocycles. The number of rotatable bonds is 5. The van der Waals surface area contributed by atoms with E-state index in [0.29, 0.717) is 12.3 Å². The van der Waals surface area contributed by atoms with Gasteiger partial charge in [0.15, 0.2) is 11.6 Å². The van der Waals surface area contributed by atoms with Crippen LogP contribution in [0.1, 0.15) is 44.7 Å². The summed E-state index contributed by atoms with van der Waals surface area (Å²) < 4.78 is 26.3. The van der Waals surface area contributed by atoms with Crippen LogP contribution in [0.3, 0.4) is 0 Å². The molecule has 0 radical (unpaired) electrons. The van der Waals surface area contributed by atoms with Crippen molar-refractivity contribution in [3.8, 4) is 0 Å². The summed E-state index contributed by atoms with van der Waals surface area (Å²) >= 11 is 0. The highest BCUT2D eigenvalue weighted by atomic mass is 19.2. The van der Waals surface area contributed by atoms with E-state index in [1.54, 1.807) is 6.07 Å². The van der Waals surface area contributed by atoms with Crippen LogP contribution in [0.15, 0.2) is 18.2 Å². The molecule has 90 valence electrons. The highest BCUT2D eigenvalue weighted by Crippen LogP contribution is 2.22. The van der Waals surface area contributed by atoms with Crippen molar-refractivity contribution in [3.05, 3.63) is 35.4 Å². The van der Waals surface area contributed by atoms with Crippen molar-refractivity contribution in [3.63, 3.8) is 0 Å². The molecule has 0 aliphatic carbocycles. The zero-order chi connectivity index (χ0) is 12.1. The highest BCUT2D eigenvalue weighted by molar-refractivity contribution is 5.22. The van der Waals surface area contributed by atoms with Crippen LogP contribution in [0, 0.1) is 17.6 Å². The Bertz CT molecular complexity index is 337. The van der Waals surface area contributed by atoms with Gasteiger partial charge < -0.3 is 5.73 Å². The molecule has 0 spiro atoms. The quantitative estimate of drug-likeness (QED) is 0.813. The van der Waals surface area contributed by atoms with Crippen LogP contribution < -0.4 is 5.73 Å². The Balaban J connectivity index is 2.59.